The van der Waals surface area contributed by atoms with Crippen molar-refractivity contribution in [3.63, 3.8) is 0 Å². The molecular weight excluding hydrogens is 294 g/mol. The van der Waals surface area contributed by atoms with Crippen LogP contribution in [0.4, 0.5) is 5.69 Å². The lowest BCUT2D eigenvalue weighted by molar-refractivity contribution is 0.0943. The van der Waals surface area contributed by atoms with Gasteiger partial charge in [0.2, 0.25) is 5.82 Å². The molecule has 118 valence electrons. The zero-order chi connectivity index (χ0) is 16.8. The fraction of sp³-hybridized carbons (Fsp3) is 0.267. The highest BCUT2D eigenvalue weighted by Crippen LogP contribution is 2.18. The molecular formula is C15H17N7O. The summed E-state index contributed by atoms with van der Waals surface area (Å²) >= 11 is 0. The zero-order valence-corrected chi connectivity index (χ0v) is 13.1. The molecule has 0 bridgehead atoms. The van der Waals surface area contributed by atoms with Gasteiger partial charge in [-0.1, -0.05) is 6.07 Å². The summed E-state index contributed by atoms with van der Waals surface area (Å²) in [6.45, 7) is 5.71. The van der Waals surface area contributed by atoms with Gasteiger partial charge in [0.1, 0.15) is 11.6 Å². The first-order valence-corrected chi connectivity index (χ1v) is 7.03. The Morgan fingerprint density at radius 1 is 1.43 bits per heavy atom. The maximum absolute atomic E-state index is 12.1. The van der Waals surface area contributed by atoms with Crippen LogP contribution in [0.5, 0.6) is 0 Å². The number of aromatic nitrogens is 4. The van der Waals surface area contributed by atoms with E-state index in [0.717, 1.165) is 11.3 Å². The molecule has 0 spiro atoms. The topological polar surface area (TPSA) is 119 Å². The van der Waals surface area contributed by atoms with E-state index in [4.69, 9.17) is 5.26 Å². The highest BCUT2D eigenvalue weighted by molar-refractivity contribution is 5.95. The van der Waals surface area contributed by atoms with E-state index in [-0.39, 0.29) is 23.3 Å². The van der Waals surface area contributed by atoms with E-state index in [1.807, 2.05) is 32.9 Å². The summed E-state index contributed by atoms with van der Waals surface area (Å²) in [5.74, 6) is 0.0528. The molecule has 1 aromatic heterocycles. The summed E-state index contributed by atoms with van der Waals surface area (Å²) in [5.41, 5.74) is 2.43. The zero-order valence-electron chi connectivity index (χ0n) is 13.1. The quantitative estimate of drug-likeness (QED) is 0.722. The molecule has 8 nitrogen and oxygen atoms in total. The number of carbonyl (C=O) groups excluding carboxylic acids is 1. The third-order valence-corrected chi connectivity index (χ3v) is 3.00. The number of amides is 1. The average molecular weight is 311 g/mol. The molecule has 0 aliphatic heterocycles. The molecule has 0 saturated heterocycles. The van der Waals surface area contributed by atoms with Crippen LogP contribution in [0.15, 0.2) is 24.4 Å². The van der Waals surface area contributed by atoms with Gasteiger partial charge in [0.05, 0.1) is 0 Å². The first-order valence-electron chi connectivity index (χ1n) is 7.03. The summed E-state index contributed by atoms with van der Waals surface area (Å²) in [6.07, 6.45) is 1.48. The van der Waals surface area contributed by atoms with Gasteiger partial charge in [-0.15, -0.1) is 10.2 Å². The fourth-order valence-electron chi connectivity index (χ4n) is 1.84. The Morgan fingerprint density at radius 2 is 2.22 bits per heavy atom. The Bertz CT molecular complexity index is 757. The molecule has 23 heavy (non-hydrogen) atoms. The fourth-order valence-corrected chi connectivity index (χ4v) is 1.84. The summed E-state index contributed by atoms with van der Waals surface area (Å²) in [6, 6.07) is 7.38. The van der Waals surface area contributed by atoms with Crippen LogP contribution in [-0.2, 0) is 0 Å². The second-order valence-corrected chi connectivity index (χ2v) is 5.21. The van der Waals surface area contributed by atoms with Crippen LogP contribution < -0.4 is 10.6 Å². The van der Waals surface area contributed by atoms with E-state index in [9.17, 15) is 4.79 Å². The second-order valence-electron chi connectivity index (χ2n) is 5.21. The molecule has 1 heterocycles. The first-order chi connectivity index (χ1) is 11.0. The highest BCUT2D eigenvalue weighted by Gasteiger charge is 2.10. The smallest absolute Gasteiger partial charge is 0.251 e. The molecule has 0 aliphatic rings. The lowest BCUT2D eigenvalue weighted by atomic mass is 10.1. The van der Waals surface area contributed by atoms with Gasteiger partial charge in [0.15, 0.2) is 0 Å². The number of allylic oxidation sites excluding steroid dienone is 1. The van der Waals surface area contributed by atoms with Crippen LogP contribution in [0.1, 0.15) is 35.6 Å². The van der Waals surface area contributed by atoms with E-state index < -0.39 is 0 Å². The third kappa shape index (κ3) is 4.14. The van der Waals surface area contributed by atoms with Gasteiger partial charge in [-0.25, -0.2) is 0 Å². The van der Waals surface area contributed by atoms with Gasteiger partial charge in [0.25, 0.3) is 5.91 Å². The lowest BCUT2D eigenvalue weighted by Crippen LogP contribution is -2.30. The normalized spacial score (nSPS) is 11.2. The van der Waals surface area contributed by atoms with Crippen molar-refractivity contribution in [1.29, 1.82) is 5.26 Å². The molecule has 1 amide bonds. The number of anilines is 1. The average Bonchev–Trinajstić information content (AvgIpc) is 3.03. The van der Waals surface area contributed by atoms with Crippen LogP contribution in [0.25, 0.3) is 5.57 Å². The van der Waals surface area contributed by atoms with Crippen LogP contribution in [0, 0.1) is 18.3 Å². The Labute approximate surface area is 133 Å². The number of benzene rings is 1. The summed E-state index contributed by atoms with van der Waals surface area (Å²) < 4.78 is 0. The van der Waals surface area contributed by atoms with Gasteiger partial charge < -0.3 is 10.6 Å². The number of carbonyl (C=O) groups is 1. The molecule has 0 radical (unpaired) electrons. The summed E-state index contributed by atoms with van der Waals surface area (Å²) in [4.78, 5) is 12.1. The number of nitrogens with zero attached hydrogens (tertiary/aromatic N) is 4. The predicted molar refractivity (Wildman–Crippen MR) is 85.2 cm³/mol. The molecule has 0 unspecified atom stereocenters. The standard InChI is InChI=1S/C15H17N7O/c1-9(2)18-15(23)11-5-4-10(3)13(6-11)17-8-12(7-16)14-19-21-22-20-14/h4-6,8-9,17H,1-3H3,(H,18,23)(H,19,20,21,22). The Hall–Kier alpha value is -3.21. The van der Waals surface area contributed by atoms with Gasteiger partial charge in [0, 0.05) is 23.5 Å². The maximum atomic E-state index is 12.1. The number of aryl methyl sites for hydroxylation is 1. The number of hydrogen-bond donors (Lipinski definition) is 3. The molecule has 0 fully saturated rings. The van der Waals surface area contributed by atoms with Crippen molar-refractivity contribution in [1.82, 2.24) is 25.9 Å². The number of nitrogens with one attached hydrogen (secondary N) is 3. The number of aromatic amines is 1. The minimum atomic E-state index is -0.147. The van der Waals surface area contributed by atoms with Gasteiger partial charge in [-0.05, 0) is 43.7 Å². The van der Waals surface area contributed by atoms with Crippen molar-refractivity contribution in [2.24, 2.45) is 0 Å². The van der Waals surface area contributed by atoms with Crippen molar-refractivity contribution in [2.45, 2.75) is 26.8 Å². The van der Waals surface area contributed by atoms with E-state index in [2.05, 4.69) is 31.3 Å². The van der Waals surface area contributed by atoms with Crippen molar-refractivity contribution in [3.8, 4) is 6.07 Å². The van der Waals surface area contributed by atoms with Crippen LogP contribution in [-0.4, -0.2) is 32.6 Å². The molecule has 2 rings (SSSR count). The number of nitriles is 1. The minimum absolute atomic E-state index is 0.0588. The van der Waals surface area contributed by atoms with Gasteiger partial charge >= 0.3 is 0 Å². The van der Waals surface area contributed by atoms with E-state index in [1.165, 1.54) is 6.20 Å². The van der Waals surface area contributed by atoms with Crippen molar-refractivity contribution >= 4 is 17.2 Å². The molecule has 2 aromatic rings. The monoisotopic (exact) mass is 311 g/mol. The molecule has 8 heteroatoms. The highest BCUT2D eigenvalue weighted by atomic mass is 16.1. The summed E-state index contributed by atoms with van der Waals surface area (Å²) in [5, 5.41) is 28.2. The lowest BCUT2D eigenvalue weighted by Gasteiger charge is -2.11. The Morgan fingerprint density at radius 3 is 2.83 bits per heavy atom. The first kappa shape index (κ1) is 16.2. The molecule has 3 N–H and O–H groups in total. The third-order valence-electron chi connectivity index (χ3n) is 3.00. The number of hydrogen-bond acceptors (Lipinski definition) is 6. The molecule has 0 saturated carbocycles. The van der Waals surface area contributed by atoms with E-state index in [1.54, 1.807) is 12.1 Å². The predicted octanol–water partition coefficient (Wildman–Crippen LogP) is 1.62. The largest absolute Gasteiger partial charge is 0.360 e. The second kappa shape index (κ2) is 7.17. The number of tetrazole rings is 1. The van der Waals surface area contributed by atoms with E-state index >= 15 is 0 Å². The maximum Gasteiger partial charge on any atom is 0.251 e. The van der Waals surface area contributed by atoms with Crippen LogP contribution >= 0.6 is 0 Å². The van der Waals surface area contributed by atoms with Crippen molar-refractivity contribution < 1.29 is 4.79 Å². The summed E-state index contributed by atoms with van der Waals surface area (Å²) in [7, 11) is 0. The molecule has 0 atom stereocenters. The van der Waals surface area contributed by atoms with Crippen molar-refractivity contribution in [3.05, 3.63) is 41.4 Å². The molecule has 1 aromatic carbocycles. The number of H-pyrrole nitrogens is 1. The van der Waals surface area contributed by atoms with Crippen LogP contribution in [0.3, 0.4) is 0 Å². The Balaban J connectivity index is 2.23. The van der Waals surface area contributed by atoms with Crippen molar-refractivity contribution in [2.75, 3.05) is 5.32 Å². The number of rotatable bonds is 5. The SMILES string of the molecule is Cc1ccc(C(=O)NC(C)C)cc1NC=C(C#N)c1nn[nH]n1. The van der Waals surface area contributed by atoms with Crippen LogP contribution in [0.2, 0.25) is 0 Å². The minimum Gasteiger partial charge on any atom is -0.360 e. The molecule has 0 aliphatic carbocycles. The van der Waals surface area contributed by atoms with E-state index in [0.29, 0.717) is 5.56 Å². The van der Waals surface area contributed by atoms with Gasteiger partial charge in [-0.3, -0.25) is 4.79 Å². The van der Waals surface area contributed by atoms with Gasteiger partial charge in [-0.2, -0.15) is 10.5 Å². The Kier molecular flexibility index (Phi) is 5.04.